The quantitative estimate of drug-likeness (QED) is 0.481. The number of nitrogens with zero attached hydrogens (tertiary/aromatic N) is 4. The molecule has 28 heavy (non-hydrogen) atoms. The van der Waals surface area contributed by atoms with E-state index in [4.69, 9.17) is 0 Å². The lowest BCUT2D eigenvalue weighted by Gasteiger charge is -2.24. The van der Waals surface area contributed by atoms with Gasteiger partial charge in [-0.05, 0) is 43.0 Å². The fourth-order valence-electron chi connectivity index (χ4n) is 3.55. The number of amides is 1. The van der Waals surface area contributed by atoms with E-state index in [9.17, 15) is 4.79 Å². The average Bonchev–Trinajstić information content (AvgIpc) is 2.97. The van der Waals surface area contributed by atoms with Gasteiger partial charge in [0.2, 0.25) is 5.91 Å². The highest BCUT2D eigenvalue weighted by molar-refractivity contribution is 7.99. The predicted octanol–water partition coefficient (Wildman–Crippen LogP) is 4.33. The summed E-state index contributed by atoms with van der Waals surface area (Å²) in [5.41, 5.74) is 4.34. The molecule has 4 rings (SSSR count). The van der Waals surface area contributed by atoms with Crippen LogP contribution in [-0.4, -0.2) is 26.4 Å². The molecule has 5 nitrogen and oxygen atoms in total. The van der Waals surface area contributed by atoms with Crippen molar-refractivity contribution in [2.75, 3.05) is 10.7 Å². The summed E-state index contributed by atoms with van der Waals surface area (Å²) in [6.45, 7) is 6.32. The highest BCUT2D eigenvalue weighted by atomic mass is 32.2. The van der Waals surface area contributed by atoms with Crippen LogP contribution in [0.15, 0.2) is 66.3 Å². The highest BCUT2D eigenvalue weighted by Gasteiger charge is 2.26. The van der Waals surface area contributed by atoms with Gasteiger partial charge in [0.25, 0.3) is 0 Å². The van der Waals surface area contributed by atoms with Crippen LogP contribution in [0.1, 0.15) is 17.0 Å². The van der Waals surface area contributed by atoms with Crippen LogP contribution in [0.3, 0.4) is 0 Å². The summed E-state index contributed by atoms with van der Waals surface area (Å²) in [4.78, 5) is 15.2. The van der Waals surface area contributed by atoms with Crippen molar-refractivity contribution in [3.05, 3.63) is 78.1 Å². The van der Waals surface area contributed by atoms with E-state index in [1.54, 1.807) is 0 Å². The molecule has 1 amide bonds. The fourth-order valence-corrected chi connectivity index (χ4v) is 4.39. The molecule has 0 fully saturated rings. The number of benzene rings is 2. The molecule has 142 valence electrons. The number of allylic oxidation sites excluding steroid dienone is 1. The molecule has 1 aliphatic heterocycles. The first-order valence-corrected chi connectivity index (χ1v) is 10.3. The van der Waals surface area contributed by atoms with Gasteiger partial charge in [-0.3, -0.25) is 9.69 Å². The van der Waals surface area contributed by atoms with Gasteiger partial charge in [-0.15, -0.1) is 16.8 Å². The van der Waals surface area contributed by atoms with Crippen molar-refractivity contribution >= 4 is 29.0 Å². The highest BCUT2D eigenvalue weighted by Crippen LogP contribution is 2.36. The Labute approximate surface area is 169 Å². The molecule has 2 aromatic carbocycles. The van der Waals surface area contributed by atoms with Crippen LogP contribution in [0.2, 0.25) is 0 Å². The minimum Gasteiger partial charge on any atom is -0.302 e. The first-order chi connectivity index (χ1) is 13.7. The monoisotopic (exact) mass is 390 g/mol. The van der Waals surface area contributed by atoms with E-state index in [0.29, 0.717) is 6.54 Å². The number of para-hydroxylation sites is 2. The minimum absolute atomic E-state index is 0.0395. The number of hydrogen-bond acceptors (Lipinski definition) is 4. The second-order valence-electron chi connectivity index (χ2n) is 6.70. The van der Waals surface area contributed by atoms with E-state index < -0.39 is 0 Å². The van der Waals surface area contributed by atoms with Crippen LogP contribution in [0.4, 0.5) is 11.4 Å². The molecule has 0 bridgehead atoms. The van der Waals surface area contributed by atoms with Crippen molar-refractivity contribution in [3.63, 3.8) is 0 Å². The van der Waals surface area contributed by atoms with Crippen LogP contribution in [0, 0.1) is 6.92 Å². The zero-order valence-corrected chi connectivity index (χ0v) is 16.7. The molecule has 0 atom stereocenters. The maximum atomic E-state index is 13.4. The number of hydrogen-bond donors (Lipinski definition) is 0. The summed E-state index contributed by atoms with van der Waals surface area (Å²) in [5.74, 6) is 1.15. The normalized spacial score (nSPS) is 12.8. The third-order valence-electron chi connectivity index (χ3n) is 4.92. The van der Waals surface area contributed by atoms with Gasteiger partial charge in [0.05, 0.1) is 17.1 Å². The molecule has 2 heterocycles. The summed E-state index contributed by atoms with van der Waals surface area (Å²) >= 11 is 1.42. The molecule has 0 radical (unpaired) electrons. The van der Waals surface area contributed by atoms with E-state index in [-0.39, 0.29) is 11.7 Å². The second-order valence-corrected chi connectivity index (χ2v) is 7.65. The zero-order valence-electron chi connectivity index (χ0n) is 15.8. The second kappa shape index (κ2) is 8.02. The van der Waals surface area contributed by atoms with Crippen molar-refractivity contribution in [1.29, 1.82) is 0 Å². The standard InChI is InChI=1S/C22H22N4OS/c1-3-14-25-16(2)23-24-22(25)28-15-21(27)26-19-10-6-4-8-17(19)12-13-18-9-5-7-11-20(18)26/h3-11H,1,12-15H2,2H3. The SMILES string of the molecule is C=CCn1c(C)nnc1SCC(=O)N1c2ccccc2CCc2ccccc21. The van der Waals surface area contributed by atoms with Gasteiger partial charge in [-0.2, -0.15) is 0 Å². The summed E-state index contributed by atoms with van der Waals surface area (Å²) in [7, 11) is 0. The summed E-state index contributed by atoms with van der Waals surface area (Å²) in [5, 5.41) is 9.09. The predicted molar refractivity (Wildman–Crippen MR) is 113 cm³/mol. The van der Waals surface area contributed by atoms with Gasteiger partial charge in [-0.25, -0.2) is 0 Å². The number of aryl methyl sites for hydroxylation is 3. The van der Waals surface area contributed by atoms with Crippen molar-refractivity contribution in [2.45, 2.75) is 31.5 Å². The third-order valence-corrected chi connectivity index (χ3v) is 5.87. The number of fused-ring (bicyclic) bond motifs is 2. The molecular weight excluding hydrogens is 368 g/mol. The number of anilines is 2. The van der Waals surface area contributed by atoms with Crippen LogP contribution in [0.25, 0.3) is 0 Å². The molecular formula is C22H22N4OS. The first kappa shape index (κ1) is 18.5. The first-order valence-electron chi connectivity index (χ1n) is 9.31. The molecule has 1 aromatic heterocycles. The van der Waals surface area contributed by atoms with Gasteiger partial charge >= 0.3 is 0 Å². The van der Waals surface area contributed by atoms with Crippen molar-refractivity contribution in [1.82, 2.24) is 14.8 Å². The molecule has 6 heteroatoms. The van der Waals surface area contributed by atoms with Crippen molar-refractivity contribution < 1.29 is 4.79 Å². The lowest BCUT2D eigenvalue weighted by atomic mass is 10.0. The molecule has 0 spiro atoms. The van der Waals surface area contributed by atoms with Crippen LogP contribution >= 0.6 is 11.8 Å². The van der Waals surface area contributed by atoms with Crippen LogP contribution < -0.4 is 4.90 Å². The van der Waals surface area contributed by atoms with Gasteiger partial charge in [0.1, 0.15) is 5.82 Å². The number of carbonyl (C=O) groups is 1. The van der Waals surface area contributed by atoms with E-state index in [1.807, 2.05) is 58.9 Å². The Morgan fingerprint density at radius 2 is 1.68 bits per heavy atom. The van der Waals surface area contributed by atoms with Crippen LogP contribution in [0.5, 0.6) is 0 Å². The summed E-state index contributed by atoms with van der Waals surface area (Å²) in [6, 6.07) is 16.3. The Kier molecular flexibility index (Phi) is 5.30. The smallest absolute Gasteiger partial charge is 0.242 e. The van der Waals surface area contributed by atoms with Crippen LogP contribution in [-0.2, 0) is 24.2 Å². The minimum atomic E-state index is 0.0395. The zero-order chi connectivity index (χ0) is 19.5. The maximum Gasteiger partial charge on any atom is 0.242 e. The number of rotatable bonds is 5. The van der Waals surface area contributed by atoms with Crippen molar-refractivity contribution in [2.24, 2.45) is 0 Å². The van der Waals surface area contributed by atoms with E-state index >= 15 is 0 Å². The molecule has 0 saturated heterocycles. The van der Waals surface area contributed by atoms with Gasteiger partial charge in [-0.1, -0.05) is 54.2 Å². The Bertz CT molecular complexity index is 979. The molecule has 3 aromatic rings. The molecule has 0 aliphatic carbocycles. The van der Waals surface area contributed by atoms with Gasteiger partial charge in [0.15, 0.2) is 5.16 Å². The maximum absolute atomic E-state index is 13.4. The van der Waals surface area contributed by atoms with Gasteiger partial charge < -0.3 is 4.57 Å². The number of thioether (sulfide) groups is 1. The fraction of sp³-hybridized carbons (Fsp3) is 0.227. The lowest BCUT2D eigenvalue weighted by molar-refractivity contribution is -0.115. The Morgan fingerprint density at radius 1 is 1.07 bits per heavy atom. The van der Waals surface area contributed by atoms with E-state index in [2.05, 4.69) is 28.9 Å². The van der Waals surface area contributed by atoms with Crippen molar-refractivity contribution in [3.8, 4) is 0 Å². The molecule has 0 N–H and O–H groups in total. The summed E-state index contributed by atoms with van der Waals surface area (Å²) < 4.78 is 1.97. The Hall–Kier alpha value is -2.86. The molecule has 1 aliphatic rings. The topological polar surface area (TPSA) is 51.0 Å². The Balaban J connectivity index is 1.65. The summed E-state index contributed by atoms with van der Waals surface area (Å²) in [6.07, 6.45) is 3.66. The molecule has 0 saturated carbocycles. The Morgan fingerprint density at radius 3 is 2.29 bits per heavy atom. The molecule has 0 unspecified atom stereocenters. The average molecular weight is 391 g/mol. The lowest BCUT2D eigenvalue weighted by Crippen LogP contribution is -2.28. The number of aromatic nitrogens is 3. The largest absolute Gasteiger partial charge is 0.302 e. The third kappa shape index (κ3) is 3.47. The number of carbonyl (C=O) groups excluding carboxylic acids is 1. The van der Waals surface area contributed by atoms with E-state index in [0.717, 1.165) is 35.2 Å². The van der Waals surface area contributed by atoms with Gasteiger partial charge in [0, 0.05) is 6.54 Å². The van der Waals surface area contributed by atoms with E-state index in [1.165, 1.54) is 22.9 Å².